The maximum Gasteiger partial charge on any atom is 0.387 e. The average molecular weight is 379 g/mol. The maximum absolute atomic E-state index is 12.1. The number of aliphatic carboxylic acids is 1. The van der Waals surface area contributed by atoms with Crippen LogP contribution in [0.2, 0.25) is 0 Å². The molecule has 1 amide bonds. The Kier molecular flexibility index (Phi) is 8.57. The van der Waals surface area contributed by atoms with E-state index < -0.39 is 18.6 Å². The van der Waals surface area contributed by atoms with Gasteiger partial charge in [-0.15, -0.1) is 12.4 Å². The number of rotatable bonds is 7. The van der Waals surface area contributed by atoms with Gasteiger partial charge in [0, 0.05) is 6.54 Å². The summed E-state index contributed by atoms with van der Waals surface area (Å²) in [6.07, 6.45) is 2.28. The number of amides is 1. The molecule has 1 fully saturated rings. The third-order valence-corrected chi connectivity index (χ3v) is 3.88. The molecule has 1 heterocycles. The molecule has 0 aliphatic carbocycles. The van der Waals surface area contributed by atoms with Crippen molar-refractivity contribution in [3.05, 3.63) is 29.8 Å². The highest BCUT2D eigenvalue weighted by molar-refractivity contribution is 5.85. The minimum atomic E-state index is -2.87. The molecule has 0 aromatic heterocycles. The second-order valence-electron chi connectivity index (χ2n) is 5.62. The summed E-state index contributed by atoms with van der Waals surface area (Å²) in [5, 5.41) is 11.9. The molecule has 1 aliphatic heterocycles. The average Bonchev–Trinajstić information content (AvgIpc) is 2.54. The molecule has 1 aromatic rings. The van der Waals surface area contributed by atoms with Crippen molar-refractivity contribution in [2.75, 3.05) is 13.1 Å². The fourth-order valence-corrected chi connectivity index (χ4v) is 2.69. The highest BCUT2D eigenvalue weighted by Crippen LogP contribution is 2.17. The fourth-order valence-electron chi connectivity index (χ4n) is 2.69. The Balaban J connectivity index is 0.00000312. The quantitative estimate of drug-likeness (QED) is 0.761. The molecule has 2 rings (SSSR count). The first kappa shape index (κ1) is 21.1. The lowest BCUT2D eigenvalue weighted by atomic mass is 10.0. The maximum atomic E-state index is 12.1. The Labute approximate surface area is 150 Å². The van der Waals surface area contributed by atoms with E-state index in [1.165, 1.54) is 12.1 Å². The van der Waals surface area contributed by atoms with Crippen LogP contribution in [0.5, 0.6) is 5.75 Å². The summed E-state index contributed by atoms with van der Waals surface area (Å²) in [4.78, 5) is 24.9. The third kappa shape index (κ3) is 6.83. The number of ether oxygens (including phenoxy) is 1. The van der Waals surface area contributed by atoms with Crippen LogP contribution >= 0.6 is 12.4 Å². The zero-order valence-corrected chi connectivity index (χ0v) is 14.3. The third-order valence-electron chi connectivity index (χ3n) is 3.88. The molecule has 1 aliphatic rings. The highest BCUT2D eigenvalue weighted by atomic mass is 35.5. The van der Waals surface area contributed by atoms with Gasteiger partial charge < -0.3 is 15.2 Å². The van der Waals surface area contributed by atoms with Crippen LogP contribution in [0.15, 0.2) is 24.3 Å². The van der Waals surface area contributed by atoms with Gasteiger partial charge in [0.1, 0.15) is 11.8 Å². The van der Waals surface area contributed by atoms with Crippen molar-refractivity contribution in [2.24, 2.45) is 0 Å². The van der Waals surface area contributed by atoms with Gasteiger partial charge >= 0.3 is 12.6 Å². The van der Waals surface area contributed by atoms with Crippen molar-refractivity contribution in [3.63, 3.8) is 0 Å². The number of nitrogens with one attached hydrogen (secondary N) is 1. The first-order valence-corrected chi connectivity index (χ1v) is 7.73. The van der Waals surface area contributed by atoms with Crippen molar-refractivity contribution < 1.29 is 28.2 Å². The Morgan fingerprint density at radius 3 is 2.56 bits per heavy atom. The molecule has 0 spiro atoms. The van der Waals surface area contributed by atoms with Crippen LogP contribution in [-0.2, 0) is 16.1 Å². The molecule has 1 saturated heterocycles. The molecule has 9 heteroatoms. The molecule has 2 N–H and O–H groups in total. The number of carbonyl (C=O) groups excluding carboxylic acids is 1. The Bertz CT molecular complexity index is 572. The summed E-state index contributed by atoms with van der Waals surface area (Å²) in [5.74, 6) is -1.12. The molecular formula is C16H21ClF2N2O4. The number of halogens is 3. The molecule has 1 aromatic carbocycles. The first-order chi connectivity index (χ1) is 11.5. The second-order valence-corrected chi connectivity index (χ2v) is 5.62. The zero-order valence-electron chi connectivity index (χ0n) is 13.5. The van der Waals surface area contributed by atoms with Gasteiger partial charge in [-0.05, 0) is 37.1 Å². The SMILES string of the molecule is Cl.O=C(CN1CCCCC1C(=O)O)NCc1ccc(OC(F)F)cc1. The Morgan fingerprint density at radius 1 is 1.28 bits per heavy atom. The highest BCUT2D eigenvalue weighted by Gasteiger charge is 2.29. The molecule has 0 radical (unpaired) electrons. The summed E-state index contributed by atoms with van der Waals surface area (Å²) in [5.41, 5.74) is 0.735. The number of nitrogens with zero attached hydrogens (tertiary/aromatic N) is 1. The van der Waals surface area contributed by atoms with Gasteiger partial charge in [0.15, 0.2) is 0 Å². The summed E-state index contributed by atoms with van der Waals surface area (Å²) >= 11 is 0. The zero-order chi connectivity index (χ0) is 17.5. The minimum Gasteiger partial charge on any atom is -0.480 e. The number of carboxylic acids is 1. The standard InChI is InChI=1S/C16H20F2N2O4.ClH/c17-16(18)24-12-6-4-11(5-7-12)9-19-14(21)10-20-8-2-1-3-13(20)15(22)23;/h4-7,13,16H,1-3,8-10H2,(H,19,21)(H,22,23);1H. The normalized spacial score (nSPS) is 17.6. The van der Waals surface area contributed by atoms with E-state index in [9.17, 15) is 23.5 Å². The molecule has 140 valence electrons. The van der Waals surface area contributed by atoms with Gasteiger partial charge in [0.2, 0.25) is 5.91 Å². The van der Waals surface area contributed by atoms with Gasteiger partial charge in [-0.25, -0.2) is 0 Å². The summed E-state index contributed by atoms with van der Waals surface area (Å²) < 4.78 is 28.4. The fraction of sp³-hybridized carbons (Fsp3) is 0.500. The first-order valence-electron chi connectivity index (χ1n) is 7.73. The lowest BCUT2D eigenvalue weighted by Crippen LogP contribution is -2.48. The monoisotopic (exact) mass is 378 g/mol. The molecule has 25 heavy (non-hydrogen) atoms. The van der Waals surface area contributed by atoms with Crippen LogP contribution < -0.4 is 10.1 Å². The van der Waals surface area contributed by atoms with E-state index in [0.717, 1.165) is 18.4 Å². The summed E-state index contributed by atoms with van der Waals surface area (Å²) in [7, 11) is 0. The van der Waals surface area contributed by atoms with Gasteiger partial charge in [-0.2, -0.15) is 8.78 Å². The molecule has 6 nitrogen and oxygen atoms in total. The topological polar surface area (TPSA) is 78.9 Å². The van der Waals surface area contributed by atoms with Gasteiger partial charge in [-0.3, -0.25) is 14.5 Å². The predicted molar refractivity (Wildman–Crippen MR) is 89.0 cm³/mol. The summed E-state index contributed by atoms with van der Waals surface area (Å²) in [6.45, 7) is -2.02. The van der Waals surface area contributed by atoms with Crippen molar-refractivity contribution in [1.29, 1.82) is 0 Å². The molecule has 0 bridgehead atoms. The number of carboxylic acid groups (broad SMARTS) is 1. The Hall–Kier alpha value is -1.93. The van der Waals surface area contributed by atoms with Crippen molar-refractivity contribution >= 4 is 24.3 Å². The van der Waals surface area contributed by atoms with E-state index in [2.05, 4.69) is 10.1 Å². The smallest absolute Gasteiger partial charge is 0.387 e. The van der Waals surface area contributed by atoms with Crippen LogP contribution in [-0.4, -0.2) is 47.6 Å². The lowest BCUT2D eigenvalue weighted by molar-refractivity contribution is -0.145. The van der Waals surface area contributed by atoms with E-state index >= 15 is 0 Å². The van der Waals surface area contributed by atoms with Crippen molar-refractivity contribution in [2.45, 2.75) is 38.5 Å². The summed E-state index contributed by atoms with van der Waals surface area (Å²) in [6, 6.07) is 5.35. The van der Waals surface area contributed by atoms with E-state index in [1.54, 1.807) is 17.0 Å². The number of alkyl halides is 2. The van der Waals surface area contributed by atoms with Gasteiger partial charge in [0.25, 0.3) is 0 Å². The molecule has 0 saturated carbocycles. The van der Waals surface area contributed by atoms with Gasteiger partial charge in [-0.1, -0.05) is 18.6 Å². The van der Waals surface area contributed by atoms with Crippen LogP contribution in [0.3, 0.4) is 0 Å². The molecular weight excluding hydrogens is 358 g/mol. The van der Waals surface area contributed by atoms with E-state index in [4.69, 9.17) is 0 Å². The minimum absolute atomic E-state index is 0. The number of likely N-dealkylation sites (tertiary alicyclic amines) is 1. The largest absolute Gasteiger partial charge is 0.480 e. The van der Waals surface area contributed by atoms with Crippen LogP contribution in [0.4, 0.5) is 8.78 Å². The lowest BCUT2D eigenvalue weighted by Gasteiger charge is -2.32. The van der Waals surface area contributed by atoms with E-state index in [1.807, 2.05) is 0 Å². The van der Waals surface area contributed by atoms with E-state index in [0.29, 0.717) is 13.0 Å². The number of hydrogen-bond acceptors (Lipinski definition) is 4. The van der Waals surface area contributed by atoms with Crippen LogP contribution in [0, 0.1) is 0 Å². The molecule has 1 atom stereocenters. The van der Waals surface area contributed by atoms with Crippen molar-refractivity contribution in [3.8, 4) is 5.75 Å². The van der Waals surface area contributed by atoms with E-state index in [-0.39, 0.29) is 37.2 Å². The predicted octanol–water partition coefficient (Wildman–Crippen LogP) is 2.27. The second kappa shape index (κ2) is 10.1. The van der Waals surface area contributed by atoms with Gasteiger partial charge in [0.05, 0.1) is 6.54 Å². The molecule has 1 unspecified atom stereocenters. The van der Waals surface area contributed by atoms with Crippen LogP contribution in [0.1, 0.15) is 24.8 Å². The number of hydrogen-bond donors (Lipinski definition) is 2. The number of carbonyl (C=O) groups is 2. The Morgan fingerprint density at radius 2 is 1.96 bits per heavy atom. The van der Waals surface area contributed by atoms with Crippen LogP contribution in [0.25, 0.3) is 0 Å². The van der Waals surface area contributed by atoms with Crippen molar-refractivity contribution in [1.82, 2.24) is 10.2 Å². The number of piperidine rings is 1. The number of benzene rings is 1.